The maximum Gasteiger partial charge on any atom is 0.469 e. The Bertz CT molecular complexity index is 534. The van der Waals surface area contributed by atoms with Crippen molar-refractivity contribution in [1.82, 2.24) is 0 Å². The number of aliphatic hydroxyl groups is 1. The molecule has 0 rings (SSSR count). The van der Waals surface area contributed by atoms with Gasteiger partial charge in [0.1, 0.15) is 6.61 Å². The van der Waals surface area contributed by atoms with Crippen molar-refractivity contribution in [1.29, 1.82) is 0 Å². The van der Waals surface area contributed by atoms with E-state index in [1.165, 1.54) is 21.1 Å². The molecule has 0 atom stereocenters. The standard InChI is InChI=1S/C9H18O5Si.C6H11O6P/c1-4-9(11)14-6-5-7-15(8-10,12-2)13-3;1-5(2)6(7)11-3-4-12-13(8,9)10/h4,10H,1,5-8H2,2-3H3;1,3-4H2,2H3,(H2,8,9,10). The molecule has 0 aliphatic rings. The van der Waals surface area contributed by atoms with Crippen LogP contribution in [0.25, 0.3) is 0 Å². The van der Waals surface area contributed by atoms with Gasteiger partial charge in [0.15, 0.2) is 0 Å². The molecule has 0 spiro atoms. The van der Waals surface area contributed by atoms with Crippen LogP contribution in [0.4, 0.5) is 0 Å². The highest BCUT2D eigenvalue weighted by Crippen LogP contribution is 2.35. The molecule has 0 fully saturated rings. The van der Waals surface area contributed by atoms with Crippen molar-refractivity contribution in [3.8, 4) is 0 Å². The van der Waals surface area contributed by atoms with E-state index in [-0.39, 0.29) is 31.6 Å². The van der Waals surface area contributed by atoms with Crippen molar-refractivity contribution < 1.29 is 51.9 Å². The van der Waals surface area contributed by atoms with Gasteiger partial charge < -0.3 is 33.2 Å². The molecule has 0 bridgehead atoms. The lowest BCUT2D eigenvalue weighted by Crippen LogP contribution is -2.44. The highest BCUT2D eigenvalue weighted by atomic mass is 31.2. The molecule has 13 heteroatoms. The SMILES string of the molecule is C=C(C)C(=O)OCCOP(=O)(O)O.C=CC(=O)OCCC[Si](CO)(OC)OC. The molecular weight excluding hydrogens is 415 g/mol. The largest absolute Gasteiger partial charge is 0.469 e. The third-order valence-corrected chi connectivity index (χ3v) is 6.63. The number of hydrogen-bond acceptors (Lipinski definition) is 9. The van der Waals surface area contributed by atoms with Crippen molar-refractivity contribution in [2.24, 2.45) is 0 Å². The van der Waals surface area contributed by atoms with Gasteiger partial charge in [-0.25, -0.2) is 14.2 Å². The predicted molar refractivity (Wildman–Crippen MR) is 101 cm³/mol. The van der Waals surface area contributed by atoms with Crippen molar-refractivity contribution in [3.63, 3.8) is 0 Å². The minimum absolute atomic E-state index is 0.102. The maximum absolute atomic E-state index is 10.7. The number of phosphoric acid groups is 1. The van der Waals surface area contributed by atoms with Gasteiger partial charge in [0.2, 0.25) is 0 Å². The third kappa shape index (κ3) is 15.7. The minimum Gasteiger partial charge on any atom is -0.463 e. The quantitative estimate of drug-likeness (QED) is 0.120. The second-order valence-corrected chi connectivity index (χ2v) is 9.89. The lowest BCUT2D eigenvalue weighted by Gasteiger charge is -2.24. The molecule has 11 nitrogen and oxygen atoms in total. The fraction of sp³-hybridized carbons (Fsp3) is 0.600. The summed E-state index contributed by atoms with van der Waals surface area (Å²) in [5.74, 6) is -1.06. The molecule has 0 aliphatic carbocycles. The van der Waals surface area contributed by atoms with Gasteiger partial charge in [-0.3, -0.25) is 4.52 Å². The van der Waals surface area contributed by atoms with Gasteiger partial charge in [-0.2, -0.15) is 0 Å². The minimum atomic E-state index is -4.46. The average Bonchev–Trinajstić information content (AvgIpc) is 2.65. The first-order valence-electron chi connectivity index (χ1n) is 8.00. The van der Waals surface area contributed by atoms with Gasteiger partial charge in [-0.05, 0) is 19.4 Å². The Kier molecular flexibility index (Phi) is 16.0. The topological polar surface area (TPSA) is 158 Å². The molecule has 0 radical (unpaired) electrons. The molecule has 0 aliphatic heterocycles. The van der Waals surface area contributed by atoms with E-state index >= 15 is 0 Å². The summed E-state index contributed by atoms with van der Waals surface area (Å²) in [5.41, 5.74) is 0.219. The normalized spacial score (nSPS) is 11.1. The molecule has 0 saturated carbocycles. The maximum atomic E-state index is 10.7. The van der Waals surface area contributed by atoms with Crippen LogP contribution in [0.2, 0.25) is 6.04 Å². The highest BCUT2D eigenvalue weighted by Gasteiger charge is 2.34. The summed E-state index contributed by atoms with van der Waals surface area (Å²) in [7, 11) is -3.89. The Morgan fingerprint density at radius 3 is 2.07 bits per heavy atom. The van der Waals surface area contributed by atoms with Gasteiger partial charge in [0.25, 0.3) is 0 Å². The fourth-order valence-corrected chi connectivity index (χ4v) is 3.47. The average molecular weight is 444 g/mol. The number of hydrogen-bond donors (Lipinski definition) is 3. The van der Waals surface area contributed by atoms with Crippen LogP contribution < -0.4 is 0 Å². The second kappa shape index (κ2) is 15.5. The van der Waals surface area contributed by atoms with Crippen LogP contribution in [-0.4, -0.2) is 75.7 Å². The number of ether oxygens (including phenoxy) is 2. The van der Waals surface area contributed by atoms with E-state index in [4.69, 9.17) is 28.5 Å². The van der Waals surface area contributed by atoms with E-state index in [0.29, 0.717) is 12.5 Å². The first kappa shape index (κ1) is 28.8. The first-order chi connectivity index (χ1) is 13.0. The number of esters is 2. The van der Waals surface area contributed by atoms with E-state index < -0.39 is 28.3 Å². The number of phosphoric ester groups is 1. The van der Waals surface area contributed by atoms with Crippen LogP contribution in [0.5, 0.6) is 0 Å². The lowest BCUT2D eigenvalue weighted by atomic mass is 10.4. The Morgan fingerprint density at radius 2 is 1.68 bits per heavy atom. The van der Waals surface area contributed by atoms with Crippen LogP contribution >= 0.6 is 7.82 Å². The molecule has 0 unspecified atom stereocenters. The van der Waals surface area contributed by atoms with Gasteiger partial charge in [-0.15, -0.1) is 0 Å². The van der Waals surface area contributed by atoms with Crippen LogP contribution in [-0.2, 0) is 37.0 Å². The van der Waals surface area contributed by atoms with E-state index in [9.17, 15) is 14.2 Å². The van der Waals surface area contributed by atoms with Crippen molar-refractivity contribution >= 4 is 28.3 Å². The summed E-state index contributed by atoms with van der Waals surface area (Å²) in [5, 5.41) is 9.12. The fourth-order valence-electron chi connectivity index (χ4n) is 1.48. The Morgan fingerprint density at radius 1 is 1.11 bits per heavy atom. The zero-order valence-corrected chi connectivity index (χ0v) is 18.2. The summed E-state index contributed by atoms with van der Waals surface area (Å²) in [6.45, 7) is 7.79. The smallest absolute Gasteiger partial charge is 0.463 e. The molecule has 164 valence electrons. The molecule has 0 saturated heterocycles. The second-order valence-electron chi connectivity index (χ2n) is 5.19. The molecule has 0 aromatic heterocycles. The third-order valence-electron chi connectivity index (χ3n) is 3.02. The van der Waals surface area contributed by atoms with Crippen LogP contribution in [0, 0.1) is 0 Å². The molecule has 0 aromatic rings. The van der Waals surface area contributed by atoms with Crippen LogP contribution in [0.1, 0.15) is 13.3 Å². The summed E-state index contributed by atoms with van der Waals surface area (Å²) in [4.78, 5) is 37.8. The summed E-state index contributed by atoms with van der Waals surface area (Å²) in [6.07, 6.45) is 1.62. The molecular formula is C15H29O11PSi. The zero-order valence-electron chi connectivity index (χ0n) is 16.3. The number of aliphatic hydroxyl groups excluding tert-OH is 1. The van der Waals surface area contributed by atoms with E-state index in [1.54, 1.807) is 0 Å². The molecule has 0 heterocycles. The Balaban J connectivity index is 0. The van der Waals surface area contributed by atoms with E-state index in [0.717, 1.165) is 6.08 Å². The van der Waals surface area contributed by atoms with Gasteiger partial charge in [-0.1, -0.05) is 13.2 Å². The van der Waals surface area contributed by atoms with Gasteiger partial charge in [0, 0.05) is 25.9 Å². The summed E-state index contributed by atoms with van der Waals surface area (Å²) in [6, 6.07) is 0.584. The molecule has 0 amide bonds. The molecule has 3 N–H and O–H groups in total. The highest BCUT2D eigenvalue weighted by molar-refractivity contribution is 7.46. The predicted octanol–water partition coefficient (Wildman–Crippen LogP) is 0.587. The van der Waals surface area contributed by atoms with Crippen LogP contribution in [0.3, 0.4) is 0 Å². The number of rotatable bonds is 13. The molecule has 28 heavy (non-hydrogen) atoms. The Hall–Kier alpha value is -1.37. The number of carbonyl (C=O) groups excluding carboxylic acids is 2. The van der Waals surface area contributed by atoms with Crippen molar-refractivity contribution in [3.05, 3.63) is 24.8 Å². The van der Waals surface area contributed by atoms with Gasteiger partial charge >= 0.3 is 28.3 Å². The zero-order chi connectivity index (χ0) is 22.2. The number of carbonyl (C=O) groups is 2. The van der Waals surface area contributed by atoms with Crippen LogP contribution in [0.15, 0.2) is 24.8 Å². The summed E-state index contributed by atoms with van der Waals surface area (Å²) < 4.78 is 33.8. The monoisotopic (exact) mass is 444 g/mol. The lowest BCUT2D eigenvalue weighted by molar-refractivity contribution is -0.140. The Labute approximate surface area is 165 Å². The van der Waals surface area contributed by atoms with Gasteiger partial charge in [0.05, 0.1) is 19.4 Å². The van der Waals surface area contributed by atoms with Crippen molar-refractivity contribution in [2.45, 2.75) is 19.4 Å². The molecule has 0 aromatic carbocycles. The van der Waals surface area contributed by atoms with E-state index in [2.05, 4.69) is 22.4 Å². The van der Waals surface area contributed by atoms with E-state index in [1.807, 2.05) is 0 Å². The van der Waals surface area contributed by atoms with Crippen molar-refractivity contribution in [2.75, 3.05) is 40.3 Å². The summed E-state index contributed by atoms with van der Waals surface area (Å²) >= 11 is 0. The first-order valence-corrected chi connectivity index (χ1v) is 11.8.